The number of nitrogens with one attached hydrogen (secondary N) is 2. The molecule has 25 heavy (non-hydrogen) atoms. The second-order valence-electron chi connectivity index (χ2n) is 6.36. The molecule has 0 aliphatic carbocycles. The van der Waals surface area contributed by atoms with Crippen LogP contribution in [0.1, 0.15) is 23.7 Å². The zero-order chi connectivity index (χ0) is 18.0. The van der Waals surface area contributed by atoms with Crippen LogP contribution in [-0.2, 0) is 17.6 Å². The quantitative estimate of drug-likeness (QED) is 0.722. The molecule has 3 aromatic rings. The van der Waals surface area contributed by atoms with Crippen molar-refractivity contribution >= 4 is 16.8 Å². The smallest absolute Gasteiger partial charge is 0.224 e. The predicted molar refractivity (Wildman–Crippen MR) is 94.4 cm³/mol. The minimum atomic E-state index is -0.332. The average Bonchev–Trinajstić information content (AvgIpc) is 2.85. The molecule has 0 radical (unpaired) electrons. The summed E-state index contributed by atoms with van der Waals surface area (Å²) in [5, 5.41) is 3.60. The summed E-state index contributed by atoms with van der Waals surface area (Å²) in [6, 6.07) is 10.8. The van der Waals surface area contributed by atoms with Crippen molar-refractivity contribution < 1.29 is 13.6 Å². The van der Waals surface area contributed by atoms with E-state index in [-0.39, 0.29) is 30.0 Å². The van der Waals surface area contributed by atoms with Gasteiger partial charge in [0.2, 0.25) is 5.91 Å². The van der Waals surface area contributed by atoms with Crippen LogP contribution in [0.15, 0.2) is 42.5 Å². The van der Waals surface area contributed by atoms with Crippen LogP contribution >= 0.6 is 0 Å². The van der Waals surface area contributed by atoms with Gasteiger partial charge >= 0.3 is 0 Å². The Bertz CT molecular complexity index is 917. The molecule has 130 valence electrons. The topological polar surface area (TPSA) is 44.9 Å². The Hall–Kier alpha value is -2.69. The molecule has 1 amide bonds. The molecule has 0 saturated carbocycles. The number of H-pyrrole nitrogens is 1. The fourth-order valence-corrected chi connectivity index (χ4v) is 3.11. The van der Waals surface area contributed by atoms with Crippen LogP contribution in [0.5, 0.6) is 0 Å². The molecule has 0 aliphatic rings. The first kappa shape index (κ1) is 17.1. The van der Waals surface area contributed by atoms with Crippen LogP contribution in [0.3, 0.4) is 0 Å². The van der Waals surface area contributed by atoms with E-state index in [4.69, 9.17) is 0 Å². The van der Waals surface area contributed by atoms with Crippen molar-refractivity contribution in [1.29, 1.82) is 0 Å². The van der Waals surface area contributed by atoms with E-state index >= 15 is 0 Å². The maximum absolute atomic E-state index is 13.7. The number of rotatable bonds is 5. The summed E-state index contributed by atoms with van der Waals surface area (Å²) in [6.45, 7) is 3.70. The summed E-state index contributed by atoms with van der Waals surface area (Å²) in [5.74, 6) is -0.773. The van der Waals surface area contributed by atoms with Crippen LogP contribution < -0.4 is 5.32 Å². The van der Waals surface area contributed by atoms with Gasteiger partial charge in [-0.15, -0.1) is 0 Å². The summed E-state index contributed by atoms with van der Waals surface area (Å²) >= 11 is 0. The molecule has 3 rings (SSSR count). The van der Waals surface area contributed by atoms with E-state index in [9.17, 15) is 13.6 Å². The highest BCUT2D eigenvalue weighted by atomic mass is 19.1. The van der Waals surface area contributed by atoms with Gasteiger partial charge in [-0.1, -0.05) is 18.2 Å². The average molecular weight is 342 g/mol. The van der Waals surface area contributed by atoms with Crippen molar-refractivity contribution in [3.05, 3.63) is 70.9 Å². The Balaban J connectivity index is 1.69. The largest absolute Gasteiger partial charge is 0.358 e. The van der Waals surface area contributed by atoms with Gasteiger partial charge < -0.3 is 10.3 Å². The van der Waals surface area contributed by atoms with E-state index in [1.807, 2.05) is 13.8 Å². The lowest BCUT2D eigenvalue weighted by Gasteiger charge is -2.14. The number of amides is 1. The van der Waals surface area contributed by atoms with Gasteiger partial charge in [0.15, 0.2) is 0 Å². The van der Waals surface area contributed by atoms with Crippen molar-refractivity contribution in [2.75, 3.05) is 0 Å². The van der Waals surface area contributed by atoms with Gasteiger partial charge in [-0.25, -0.2) is 8.78 Å². The first-order chi connectivity index (χ1) is 11.9. The zero-order valence-electron chi connectivity index (χ0n) is 14.2. The van der Waals surface area contributed by atoms with Crippen LogP contribution in [0, 0.1) is 18.6 Å². The number of aromatic amines is 1. The Morgan fingerprint density at radius 1 is 1.20 bits per heavy atom. The van der Waals surface area contributed by atoms with Gasteiger partial charge in [0.1, 0.15) is 11.6 Å². The molecule has 0 saturated heterocycles. The normalized spacial score (nSPS) is 12.3. The van der Waals surface area contributed by atoms with E-state index in [1.54, 1.807) is 24.3 Å². The SMILES string of the molecule is Cc1[nH]c2ccc(F)cc2c1CC(=O)NC(C)Cc1ccccc1F. The van der Waals surface area contributed by atoms with Crippen LogP contribution in [0.25, 0.3) is 10.9 Å². The Labute approximate surface area is 145 Å². The van der Waals surface area contributed by atoms with Crippen molar-refractivity contribution in [3.8, 4) is 0 Å². The van der Waals surface area contributed by atoms with Crippen molar-refractivity contribution in [1.82, 2.24) is 10.3 Å². The number of aromatic nitrogens is 1. The summed E-state index contributed by atoms with van der Waals surface area (Å²) in [5.41, 5.74) is 3.00. The molecule has 2 aromatic carbocycles. The molecule has 0 aliphatic heterocycles. The summed E-state index contributed by atoms with van der Waals surface area (Å²) < 4.78 is 27.2. The predicted octanol–water partition coefficient (Wildman–Crippen LogP) is 4.04. The maximum Gasteiger partial charge on any atom is 0.224 e. The molecule has 5 heteroatoms. The molecular weight excluding hydrogens is 322 g/mol. The number of benzene rings is 2. The number of hydrogen-bond donors (Lipinski definition) is 2. The molecule has 1 atom stereocenters. The van der Waals surface area contributed by atoms with E-state index < -0.39 is 0 Å². The standard InChI is InChI=1S/C20H20F2N2O/c1-12(9-14-5-3-4-6-18(14)22)23-20(25)11-16-13(2)24-19-8-7-15(21)10-17(16)19/h3-8,10,12,24H,9,11H2,1-2H3,(H,23,25). The highest BCUT2D eigenvalue weighted by Gasteiger charge is 2.15. The monoisotopic (exact) mass is 342 g/mol. The Morgan fingerprint density at radius 2 is 1.96 bits per heavy atom. The third-order valence-corrected chi connectivity index (χ3v) is 4.31. The minimum absolute atomic E-state index is 0.150. The molecule has 0 spiro atoms. The zero-order valence-corrected chi connectivity index (χ0v) is 14.2. The van der Waals surface area contributed by atoms with Crippen molar-refractivity contribution in [3.63, 3.8) is 0 Å². The van der Waals surface area contributed by atoms with E-state index in [0.29, 0.717) is 12.0 Å². The third-order valence-electron chi connectivity index (χ3n) is 4.31. The Morgan fingerprint density at radius 3 is 2.72 bits per heavy atom. The number of carbonyl (C=O) groups excluding carboxylic acids is 1. The first-order valence-electron chi connectivity index (χ1n) is 8.23. The van der Waals surface area contributed by atoms with Gasteiger partial charge in [-0.2, -0.15) is 0 Å². The summed E-state index contributed by atoms with van der Waals surface area (Å²) in [7, 11) is 0. The van der Waals surface area contributed by atoms with Crippen LogP contribution in [-0.4, -0.2) is 16.9 Å². The molecule has 1 heterocycles. The van der Waals surface area contributed by atoms with Gasteiger partial charge in [-0.3, -0.25) is 4.79 Å². The highest BCUT2D eigenvalue weighted by molar-refractivity contribution is 5.90. The molecule has 1 aromatic heterocycles. The second kappa shape index (κ2) is 7.05. The lowest BCUT2D eigenvalue weighted by atomic mass is 10.0. The van der Waals surface area contributed by atoms with E-state index in [1.165, 1.54) is 18.2 Å². The lowest BCUT2D eigenvalue weighted by Crippen LogP contribution is -2.35. The summed E-state index contributed by atoms with van der Waals surface area (Å²) in [4.78, 5) is 15.5. The second-order valence-corrected chi connectivity index (χ2v) is 6.36. The van der Waals surface area contributed by atoms with E-state index in [0.717, 1.165) is 22.2 Å². The van der Waals surface area contributed by atoms with Crippen molar-refractivity contribution in [2.24, 2.45) is 0 Å². The van der Waals surface area contributed by atoms with Crippen LogP contribution in [0.4, 0.5) is 8.78 Å². The number of hydrogen-bond acceptors (Lipinski definition) is 1. The van der Waals surface area contributed by atoms with Crippen molar-refractivity contribution in [2.45, 2.75) is 32.7 Å². The number of carbonyl (C=O) groups is 1. The summed E-state index contributed by atoms with van der Waals surface area (Å²) in [6.07, 6.45) is 0.566. The number of fused-ring (bicyclic) bond motifs is 1. The molecule has 0 bridgehead atoms. The van der Waals surface area contributed by atoms with E-state index in [2.05, 4.69) is 10.3 Å². The van der Waals surface area contributed by atoms with Gasteiger partial charge in [0, 0.05) is 22.6 Å². The Kier molecular flexibility index (Phi) is 4.83. The highest BCUT2D eigenvalue weighted by Crippen LogP contribution is 2.23. The molecule has 0 fully saturated rings. The van der Waals surface area contributed by atoms with Crippen LogP contribution in [0.2, 0.25) is 0 Å². The molecule has 1 unspecified atom stereocenters. The lowest BCUT2D eigenvalue weighted by molar-refractivity contribution is -0.121. The molecule has 3 nitrogen and oxygen atoms in total. The fourth-order valence-electron chi connectivity index (χ4n) is 3.11. The minimum Gasteiger partial charge on any atom is -0.358 e. The molecule has 2 N–H and O–H groups in total. The number of aryl methyl sites for hydroxylation is 1. The number of halogens is 2. The third kappa shape index (κ3) is 3.87. The maximum atomic E-state index is 13.7. The van der Waals surface area contributed by atoms with Gasteiger partial charge in [-0.05, 0) is 55.7 Å². The molecular formula is C20H20F2N2O. The van der Waals surface area contributed by atoms with Gasteiger partial charge in [0.25, 0.3) is 0 Å². The fraction of sp³-hybridized carbons (Fsp3) is 0.250. The first-order valence-corrected chi connectivity index (χ1v) is 8.23. The van der Waals surface area contributed by atoms with Gasteiger partial charge in [0.05, 0.1) is 6.42 Å².